The minimum atomic E-state index is -0.334. The minimum absolute atomic E-state index is 0.0619. The number of likely N-dealkylation sites (N-methyl/N-ethyl adjacent to an activating group) is 1. The van der Waals surface area contributed by atoms with Crippen molar-refractivity contribution in [2.24, 2.45) is 0 Å². The van der Waals surface area contributed by atoms with Crippen molar-refractivity contribution in [2.45, 2.75) is 114 Å². The van der Waals surface area contributed by atoms with Crippen LogP contribution in [0.5, 0.6) is 0 Å². The van der Waals surface area contributed by atoms with Crippen LogP contribution in [-0.4, -0.2) is 81.0 Å². The Labute approximate surface area is 266 Å². The molecule has 2 aliphatic heterocycles. The normalized spacial score (nSPS) is 23.3. The van der Waals surface area contributed by atoms with E-state index in [9.17, 15) is 9.59 Å². The smallest absolute Gasteiger partial charge is 0.274 e. The molecule has 1 spiro atoms. The van der Waals surface area contributed by atoms with Crippen molar-refractivity contribution in [3.8, 4) is 0 Å². The Kier molecular flexibility index (Phi) is 8.72. The highest BCUT2D eigenvalue weighted by molar-refractivity contribution is 5.99. The van der Waals surface area contributed by atoms with E-state index >= 15 is 0 Å². The van der Waals surface area contributed by atoms with Crippen molar-refractivity contribution < 1.29 is 14.3 Å². The van der Waals surface area contributed by atoms with Gasteiger partial charge in [0.15, 0.2) is 12.0 Å². The van der Waals surface area contributed by atoms with Crippen molar-refractivity contribution in [3.63, 3.8) is 0 Å². The van der Waals surface area contributed by atoms with Crippen LogP contribution in [0, 0.1) is 0 Å². The molecule has 10 heteroatoms. The molecule has 1 unspecified atom stereocenters. The highest BCUT2D eigenvalue weighted by atomic mass is 16.5. The Morgan fingerprint density at radius 3 is 2.47 bits per heavy atom. The van der Waals surface area contributed by atoms with E-state index in [0.29, 0.717) is 37.5 Å². The molecule has 1 aromatic carbocycles. The lowest BCUT2D eigenvalue weighted by molar-refractivity contribution is -0.0615. The maximum Gasteiger partial charge on any atom is 0.274 e. The molecule has 1 atom stereocenters. The zero-order chi connectivity index (χ0) is 30.9. The number of aromatic amines is 2. The molecule has 10 nitrogen and oxygen atoms in total. The lowest BCUT2D eigenvalue weighted by Crippen LogP contribution is -2.63. The molecule has 1 saturated heterocycles. The van der Waals surface area contributed by atoms with Gasteiger partial charge in [0, 0.05) is 54.3 Å². The van der Waals surface area contributed by atoms with Crippen LogP contribution in [0.2, 0.25) is 0 Å². The number of H-pyrrole nitrogens is 2. The number of benzene rings is 1. The molecule has 242 valence electrons. The second-order valence-corrected chi connectivity index (χ2v) is 14.0. The molecule has 45 heavy (non-hydrogen) atoms. The zero-order valence-electron chi connectivity index (χ0n) is 26.8. The summed E-state index contributed by atoms with van der Waals surface area (Å²) in [5.74, 6) is -0.175. The van der Waals surface area contributed by atoms with Gasteiger partial charge in [-0.3, -0.25) is 25.3 Å². The summed E-state index contributed by atoms with van der Waals surface area (Å²) in [5.41, 5.74) is 3.49. The number of carbonyl (C=O) groups is 2. The largest absolute Gasteiger partial charge is 0.351 e. The Morgan fingerprint density at radius 2 is 1.73 bits per heavy atom. The average molecular weight is 616 g/mol. The molecule has 0 bridgehead atoms. The number of ether oxygens (including phenoxy) is 1. The van der Waals surface area contributed by atoms with Gasteiger partial charge in [-0.15, -0.1) is 0 Å². The van der Waals surface area contributed by atoms with E-state index in [1.165, 1.54) is 64.2 Å². The fourth-order valence-electron chi connectivity index (χ4n) is 7.79. The van der Waals surface area contributed by atoms with Gasteiger partial charge in [-0.1, -0.05) is 69.6 Å². The molecule has 4 aliphatic rings. The van der Waals surface area contributed by atoms with E-state index in [4.69, 9.17) is 4.74 Å². The van der Waals surface area contributed by atoms with Crippen LogP contribution in [0.3, 0.4) is 0 Å². The predicted molar refractivity (Wildman–Crippen MR) is 174 cm³/mol. The number of nitrogens with zero attached hydrogens (tertiary/aromatic N) is 3. The van der Waals surface area contributed by atoms with Crippen LogP contribution in [0.1, 0.15) is 116 Å². The third-order valence-corrected chi connectivity index (χ3v) is 11.0. The van der Waals surface area contributed by atoms with Gasteiger partial charge >= 0.3 is 0 Å². The first-order chi connectivity index (χ1) is 22.0. The minimum Gasteiger partial charge on any atom is -0.351 e. The van der Waals surface area contributed by atoms with Crippen molar-refractivity contribution in [2.75, 3.05) is 26.7 Å². The summed E-state index contributed by atoms with van der Waals surface area (Å²) in [6.07, 6.45) is 16.5. The molecule has 2 aliphatic carbocycles. The highest BCUT2D eigenvalue weighted by Crippen LogP contribution is 2.42. The first-order valence-electron chi connectivity index (χ1n) is 17.3. The van der Waals surface area contributed by atoms with Crippen LogP contribution in [-0.2, 0) is 17.7 Å². The molecular formula is C35H49N7O3. The number of fused-ring (bicyclic) bond motifs is 2. The fourth-order valence-corrected chi connectivity index (χ4v) is 7.79. The van der Waals surface area contributed by atoms with Crippen molar-refractivity contribution in [3.05, 3.63) is 53.0 Å². The molecule has 3 aromatic rings. The van der Waals surface area contributed by atoms with Crippen LogP contribution < -0.4 is 10.6 Å². The maximum atomic E-state index is 13.9. The Bertz CT molecular complexity index is 1460. The number of aromatic nitrogens is 3. The molecule has 4 N–H and O–H groups in total. The number of nitrogens with one attached hydrogen (secondary N) is 4. The van der Waals surface area contributed by atoms with Gasteiger partial charge in [0.25, 0.3) is 11.8 Å². The Hall–Kier alpha value is -3.21. The highest BCUT2D eigenvalue weighted by Gasteiger charge is 2.50. The molecule has 0 radical (unpaired) electrons. The van der Waals surface area contributed by atoms with E-state index in [0.717, 1.165) is 48.0 Å². The maximum absolute atomic E-state index is 13.9. The zero-order valence-corrected chi connectivity index (χ0v) is 26.8. The van der Waals surface area contributed by atoms with Crippen molar-refractivity contribution in [1.29, 1.82) is 0 Å². The van der Waals surface area contributed by atoms with Gasteiger partial charge in [0.05, 0.1) is 18.7 Å². The first kappa shape index (κ1) is 30.4. The van der Waals surface area contributed by atoms with E-state index in [2.05, 4.69) is 25.8 Å². The van der Waals surface area contributed by atoms with Gasteiger partial charge in [-0.25, -0.2) is 0 Å². The molecule has 4 heterocycles. The van der Waals surface area contributed by atoms with Crippen LogP contribution >= 0.6 is 0 Å². The van der Waals surface area contributed by atoms with E-state index in [1.807, 2.05) is 47.2 Å². The first-order valence-corrected chi connectivity index (χ1v) is 17.3. The number of hydrogen-bond acceptors (Lipinski definition) is 6. The van der Waals surface area contributed by atoms with Crippen molar-refractivity contribution in [1.82, 2.24) is 35.6 Å². The lowest BCUT2D eigenvalue weighted by Gasteiger charge is -2.44. The molecule has 2 aromatic heterocycles. The summed E-state index contributed by atoms with van der Waals surface area (Å²) in [6.45, 7) is 2.37. The van der Waals surface area contributed by atoms with E-state index in [-0.39, 0.29) is 29.2 Å². The Morgan fingerprint density at radius 1 is 1.00 bits per heavy atom. The molecule has 3 fully saturated rings. The quantitative estimate of drug-likeness (QED) is 0.302. The molecule has 2 amide bonds. The predicted octanol–water partition coefficient (Wildman–Crippen LogP) is 5.23. The van der Waals surface area contributed by atoms with Crippen LogP contribution in [0.4, 0.5) is 0 Å². The number of para-hydroxylation sites is 1. The lowest BCUT2D eigenvalue weighted by atomic mass is 9.82. The molecule has 7 rings (SSSR count). The second kappa shape index (κ2) is 12.9. The summed E-state index contributed by atoms with van der Waals surface area (Å²) < 4.78 is 6.51. The monoisotopic (exact) mass is 615 g/mol. The van der Waals surface area contributed by atoms with Crippen molar-refractivity contribution >= 4 is 22.7 Å². The summed E-state index contributed by atoms with van der Waals surface area (Å²) in [6, 6.07) is 9.80. The van der Waals surface area contributed by atoms with Gasteiger partial charge in [-0.2, -0.15) is 5.10 Å². The van der Waals surface area contributed by atoms with Crippen LogP contribution in [0.15, 0.2) is 30.3 Å². The molecular weight excluding hydrogens is 566 g/mol. The summed E-state index contributed by atoms with van der Waals surface area (Å²) >= 11 is 0. The van der Waals surface area contributed by atoms with Crippen LogP contribution in [0.25, 0.3) is 10.9 Å². The van der Waals surface area contributed by atoms with Gasteiger partial charge in [0.2, 0.25) is 0 Å². The summed E-state index contributed by atoms with van der Waals surface area (Å²) in [7, 11) is 1.88. The second-order valence-electron chi connectivity index (χ2n) is 14.0. The average Bonchev–Trinajstić information content (AvgIpc) is 3.55. The number of hydrogen-bond donors (Lipinski definition) is 4. The number of amides is 2. The van der Waals surface area contributed by atoms with E-state index < -0.39 is 0 Å². The number of carbonyl (C=O) groups excluding carboxylic acids is 2. The van der Waals surface area contributed by atoms with E-state index in [1.54, 1.807) is 0 Å². The number of rotatable bonds is 6. The topological polar surface area (TPSA) is 118 Å². The third-order valence-electron chi connectivity index (χ3n) is 11.0. The van der Waals surface area contributed by atoms with Gasteiger partial charge in [-0.05, 0) is 44.2 Å². The molecule has 2 saturated carbocycles. The van der Waals surface area contributed by atoms with Gasteiger partial charge in [0.1, 0.15) is 5.69 Å². The summed E-state index contributed by atoms with van der Waals surface area (Å²) in [4.78, 5) is 34.3. The SMILES string of the molecule is CN(C(=O)c1n[nH]c2c1CN(C(=O)c1cc3ccccc3[nH]1)CC2)C1(COC2NCCC3(CCCCCCCCCC3)N2)CC1. The fraction of sp³-hybridized carbons (Fsp3) is 0.629. The summed E-state index contributed by atoms with van der Waals surface area (Å²) in [5, 5.41) is 16.0. The van der Waals surface area contributed by atoms with Gasteiger partial charge < -0.3 is 19.5 Å². The standard InChI is InChI=1S/C35H49N7O3/c1-41(35(17-18-35)24-45-33-36-20-19-34(38-33)15-10-6-4-2-3-5-7-11-16-34)32(44)30-26-23-42(21-14-28(26)39-40-30)31(43)29-22-25-12-8-9-13-27(25)37-29/h8-9,12-13,22,33,36-38H,2-7,10-11,14-21,23-24H2,1H3,(H,39,40). The third kappa shape index (κ3) is 6.42. The Balaban J connectivity index is 0.985.